The number of nitrogens with zero attached hydrogens (tertiary/aromatic N) is 1. The van der Waals surface area contributed by atoms with Crippen molar-refractivity contribution in [2.24, 2.45) is 0 Å². The number of rotatable bonds is 5. The minimum atomic E-state index is -0.331. The van der Waals surface area contributed by atoms with Crippen molar-refractivity contribution in [3.05, 3.63) is 0 Å². The van der Waals surface area contributed by atoms with E-state index in [1.165, 1.54) is 4.90 Å². The van der Waals surface area contributed by atoms with E-state index < -0.39 is 0 Å². The number of amides is 2. The quantitative estimate of drug-likeness (QED) is 0.593. The van der Waals surface area contributed by atoms with Crippen LogP contribution in [0.1, 0.15) is 20.3 Å². The molecule has 4 heteroatoms. The predicted molar refractivity (Wildman–Crippen MR) is 46.6 cm³/mol. The van der Waals surface area contributed by atoms with E-state index in [0.717, 1.165) is 0 Å². The smallest absolute Gasteiger partial charge is 0.242 e. The molecule has 2 amide bonds. The fourth-order valence-corrected chi connectivity index (χ4v) is 1.02. The normalized spacial score (nSPS) is 11.9. The van der Waals surface area contributed by atoms with Crippen molar-refractivity contribution in [3.8, 4) is 0 Å². The Morgan fingerprint density at radius 3 is 2.50 bits per heavy atom. The highest BCUT2D eigenvalue weighted by Gasteiger charge is 2.18. The van der Waals surface area contributed by atoms with Gasteiger partial charge in [0.25, 0.3) is 0 Å². The van der Waals surface area contributed by atoms with Crippen LogP contribution in [0.2, 0.25) is 0 Å². The van der Waals surface area contributed by atoms with Crippen LogP contribution in [0.25, 0.3) is 0 Å². The molecule has 0 aliphatic rings. The summed E-state index contributed by atoms with van der Waals surface area (Å²) in [5, 5.41) is 2.67. The maximum atomic E-state index is 11.3. The number of carbonyl (C=O) groups excluding carboxylic acids is 2. The van der Waals surface area contributed by atoms with Gasteiger partial charge in [-0.05, 0) is 13.3 Å². The molecule has 0 saturated carbocycles. The first kappa shape index (κ1) is 10.9. The van der Waals surface area contributed by atoms with Crippen LogP contribution in [-0.2, 0) is 9.59 Å². The maximum absolute atomic E-state index is 11.3. The second kappa shape index (κ2) is 5.57. The number of likely N-dealkylation sites (N-methyl/N-ethyl adjacent to an activating group) is 2. The molecule has 0 rings (SSSR count). The number of hydrogen-bond donors (Lipinski definition) is 1. The Kier molecular flexibility index (Phi) is 5.08. The summed E-state index contributed by atoms with van der Waals surface area (Å²) in [4.78, 5) is 23.0. The van der Waals surface area contributed by atoms with Gasteiger partial charge in [-0.25, -0.2) is 0 Å². The van der Waals surface area contributed by atoms with Gasteiger partial charge in [0, 0.05) is 13.6 Å². The zero-order valence-corrected chi connectivity index (χ0v) is 7.83. The topological polar surface area (TPSA) is 49.4 Å². The molecule has 1 unspecified atom stereocenters. The Balaban J connectivity index is 4.13. The fraction of sp³-hybridized carbons (Fsp3) is 0.750. The van der Waals surface area contributed by atoms with E-state index in [1.54, 1.807) is 7.05 Å². The van der Waals surface area contributed by atoms with Gasteiger partial charge in [-0.15, -0.1) is 0 Å². The Labute approximate surface area is 72.9 Å². The van der Waals surface area contributed by atoms with Gasteiger partial charge in [0.05, 0.1) is 0 Å². The molecule has 0 spiro atoms. The van der Waals surface area contributed by atoms with Gasteiger partial charge in [0.2, 0.25) is 12.3 Å². The molecule has 0 bridgehead atoms. The first-order chi connectivity index (χ1) is 5.67. The van der Waals surface area contributed by atoms with Crippen LogP contribution < -0.4 is 5.32 Å². The van der Waals surface area contributed by atoms with E-state index in [1.807, 2.05) is 13.8 Å². The summed E-state index contributed by atoms with van der Waals surface area (Å²) in [6, 6.07) is -0.331. The standard InChI is InChI=1S/C8H16N2O2/c1-4-7(10(3)6-11)8(12)9-5-2/h6-7H,4-5H2,1-3H3,(H,9,12). The van der Waals surface area contributed by atoms with Crippen molar-refractivity contribution in [1.82, 2.24) is 10.2 Å². The van der Waals surface area contributed by atoms with Crippen LogP contribution in [0, 0.1) is 0 Å². The molecule has 0 heterocycles. The zero-order chi connectivity index (χ0) is 9.56. The third-order valence-electron chi connectivity index (χ3n) is 1.70. The molecule has 1 atom stereocenters. The molecule has 4 nitrogen and oxygen atoms in total. The number of carbonyl (C=O) groups is 2. The summed E-state index contributed by atoms with van der Waals surface area (Å²) in [7, 11) is 1.61. The fourth-order valence-electron chi connectivity index (χ4n) is 1.02. The summed E-state index contributed by atoms with van der Waals surface area (Å²) in [6.07, 6.45) is 1.31. The minimum Gasteiger partial charge on any atom is -0.355 e. The molecule has 0 saturated heterocycles. The zero-order valence-electron chi connectivity index (χ0n) is 7.83. The molecular formula is C8H16N2O2. The molecule has 0 radical (unpaired) electrons. The van der Waals surface area contributed by atoms with Crippen molar-refractivity contribution in [2.45, 2.75) is 26.3 Å². The average molecular weight is 172 g/mol. The minimum absolute atomic E-state index is 0.0883. The molecular weight excluding hydrogens is 156 g/mol. The summed E-state index contributed by atoms with van der Waals surface area (Å²) in [6.45, 7) is 4.33. The van der Waals surface area contributed by atoms with Crippen LogP contribution in [0.15, 0.2) is 0 Å². The predicted octanol–water partition coefficient (Wildman–Crippen LogP) is -0.0107. The van der Waals surface area contributed by atoms with Gasteiger partial charge in [0.1, 0.15) is 6.04 Å². The third kappa shape index (κ3) is 2.90. The van der Waals surface area contributed by atoms with E-state index >= 15 is 0 Å². The largest absolute Gasteiger partial charge is 0.355 e. The van der Waals surface area contributed by atoms with Crippen LogP contribution in [0.3, 0.4) is 0 Å². The highest BCUT2D eigenvalue weighted by Crippen LogP contribution is 1.98. The first-order valence-electron chi connectivity index (χ1n) is 4.12. The van der Waals surface area contributed by atoms with Gasteiger partial charge in [0.15, 0.2) is 0 Å². The third-order valence-corrected chi connectivity index (χ3v) is 1.70. The lowest BCUT2D eigenvalue weighted by atomic mass is 10.2. The van der Waals surface area contributed by atoms with Crippen LogP contribution in [0.5, 0.6) is 0 Å². The van der Waals surface area contributed by atoms with Crippen molar-refractivity contribution < 1.29 is 9.59 Å². The van der Waals surface area contributed by atoms with Crippen molar-refractivity contribution in [2.75, 3.05) is 13.6 Å². The summed E-state index contributed by atoms with van der Waals surface area (Å²) in [5.41, 5.74) is 0. The van der Waals surface area contributed by atoms with Gasteiger partial charge < -0.3 is 10.2 Å². The summed E-state index contributed by atoms with van der Waals surface area (Å²) < 4.78 is 0. The van der Waals surface area contributed by atoms with E-state index in [4.69, 9.17) is 0 Å². The van der Waals surface area contributed by atoms with Crippen molar-refractivity contribution >= 4 is 12.3 Å². The highest BCUT2D eigenvalue weighted by molar-refractivity contribution is 5.83. The van der Waals surface area contributed by atoms with Crippen LogP contribution >= 0.6 is 0 Å². The Morgan fingerprint density at radius 1 is 1.58 bits per heavy atom. The molecule has 0 aromatic heterocycles. The lowest BCUT2D eigenvalue weighted by molar-refractivity contribution is -0.131. The molecule has 1 N–H and O–H groups in total. The molecule has 0 fully saturated rings. The summed E-state index contributed by atoms with van der Waals surface area (Å²) >= 11 is 0. The SMILES string of the molecule is CCNC(=O)C(CC)N(C)C=O. The molecule has 0 aliphatic heterocycles. The van der Waals surface area contributed by atoms with Gasteiger partial charge in [-0.1, -0.05) is 6.92 Å². The van der Waals surface area contributed by atoms with E-state index in [2.05, 4.69) is 5.32 Å². The maximum Gasteiger partial charge on any atom is 0.242 e. The number of hydrogen-bond acceptors (Lipinski definition) is 2. The van der Waals surface area contributed by atoms with Crippen LogP contribution in [0.4, 0.5) is 0 Å². The highest BCUT2D eigenvalue weighted by atomic mass is 16.2. The first-order valence-corrected chi connectivity index (χ1v) is 4.12. The molecule has 12 heavy (non-hydrogen) atoms. The second-order valence-electron chi connectivity index (χ2n) is 2.59. The molecule has 70 valence electrons. The van der Waals surface area contributed by atoms with Crippen molar-refractivity contribution in [3.63, 3.8) is 0 Å². The van der Waals surface area contributed by atoms with Gasteiger partial charge in [-0.2, -0.15) is 0 Å². The lowest BCUT2D eigenvalue weighted by Crippen LogP contribution is -2.44. The number of nitrogens with one attached hydrogen (secondary N) is 1. The molecule has 0 aromatic rings. The van der Waals surface area contributed by atoms with E-state index in [0.29, 0.717) is 19.4 Å². The second-order valence-corrected chi connectivity index (χ2v) is 2.59. The van der Waals surface area contributed by atoms with Gasteiger partial charge >= 0.3 is 0 Å². The van der Waals surface area contributed by atoms with E-state index in [9.17, 15) is 9.59 Å². The monoisotopic (exact) mass is 172 g/mol. The average Bonchev–Trinajstić information content (AvgIpc) is 2.06. The Bertz CT molecular complexity index is 159. The molecule has 0 aliphatic carbocycles. The Morgan fingerprint density at radius 2 is 2.17 bits per heavy atom. The molecule has 0 aromatic carbocycles. The van der Waals surface area contributed by atoms with Crippen LogP contribution in [-0.4, -0.2) is 36.9 Å². The van der Waals surface area contributed by atoms with Gasteiger partial charge in [-0.3, -0.25) is 9.59 Å². The lowest BCUT2D eigenvalue weighted by Gasteiger charge is -2.21. The Hall–Kier alpha value is -1.06. The summed E-state index contributed by atoms with van der Waals surface area (Å²) in [5.74, 6) is -0.0883. The van der Waals surface area contributed by atoms with E-state index in [-0.39, 0.29) is 11.9 Å². The van der Waals surface area contributed by atoms with Crippen molar-refractivity contribution in [1.29, 1.82) is 0 Å².